The molecule has 0 amide bonds. The van der Waals surface area contributed by atoms with Crippen LogP contribution in [0.2, 0.25) is 0 Å². The highest BCUT2D eigenvalue weighted by Crippen LogP contribution is 2.24. The zero-order valence-corrected chi connectivity index (χ0v) is 11.1. The Morgan fingerprint density at radius 3 is 2.79 bits per heavy atom. The van der Waals surface area contributed by atoms with Gasteiger partial charge in [0.25, 0.3) is 0 Å². The monoisotopic (exact) mass is 256 g/mol. The average molecular weight is 256 g/mol. The number of rotatable bonds is 4. The summed E-state index contributed by atoms with van der Waals surface area (Å²) in [6.45, 7) is 4.51. The smallest absolute Gasteiger partial charge is 0.336 e. The summed E-state index contributed by atoms with van der Waals surface area (Å²) in [4.78, 5) is 11.1. The molecule has 0 saturated heterocycles. The van der Waals surface area contributed by atoms with E-state index in [2.05, 4.69) is 6.07 Å². The third-order valence-electron chi connectivity index (χ3n) is 3.32. The molecule has 1 aromatic carbocycles. The molecule has 1 N–H and O–H groups in total. The lowest BCUT2D eigenvalue weighted by atomic mass is 9.91. The van der Waals surface area contributed by atoms with Crippen molar-refractivity contribution in [3.8, 4) is 6.07 Å². The number of hydrogen-bond acceptors (Lipinski definition) is 2. The van der Waals surface area contributed by atoms with Crippen molar-refractivity contribution < 1.29 is 9.90 Å². The van der Waals surface area contributed by atoms with Crippen molar-refractivity contribution in [2.45, 2.75) is 26.8 Å². The highest BCUT2D eigenvalue weighted by atomic mass is 16.4. The van der Waals surface area contributed by atoms with Gasteiger partial charge in [-0.05, 0) is 38.5 Å². The van der Waals surface area contributed by atoms with E-state index in [0.717, 1.165) is 17.3 Å². The van der Waals surface area contributed by atoms with Gasteiger partial charge < -0.3 is 9.67 Å². The van der Waals surface area contributed by atoms with E-state index < -0.39 is 5.97 Å². The van der Waals surface area contributed by atoms with Crippen LogP contribution in [0, 0.1) is 16.7 Å². The van der Waals surface area contributed by atoms with E-state index in [0.29, 0.717) is 12.1 Å². The fourth-order valence-corrected chi connectivity index (χ4v) is 2.06. The van der Waals surface area contributed by atoms with Gasteiger partial charge in [0.1, 0.15) is 0 Å². The number of nitriles is 1. The summed E-state index contributed by atoms with van der Waals surface area (Å²) >= 11 is 0. The van der Waals surface area contributed by atoms with Crippen molar-refractivity contribution in [1.29, 1.82) is 5.26 Å². The van der Waals surface area contributed by atoms with E-state index in [1.807, 2.05) is 36.7 Å². The molecule has 0 fully saturated rings. The molecule has 0 unspecified atom stereocenters. The molecule has 19 heavy (non-hydrogen) atoms. The molecule has 0 spiro atoms. The number of carboxylic acids is 1. The zero-order valence-electron chi connectivity index (χ0n) is 11.1. The van der Waals surface area contributed by atoms with Gasteiger partial charge in [-0.2, -0.15) is 5.26 Å². The summed E-state index contributed by atoms with van der Waals surface area (Å²) in [5, 5.41) is 18.9. The van der Waals surface area contributed by atoms with Crippen molar-refractivity contribution in [3.63, 3.8) is 0 Å². The number of benzene rings is 1. The second-order valence-corrected chi connectivity index (χ2v) is 5.30. The van der Waals surface area contributed by atoms with Crippen LogP contribution < -0.4 is 0 Å². The molecule has 0 aliphatic carbocycles. The van der Waals surface area contributed by atoms with Crippen LogP contribution in [0.5, 0.6) is 0 Å². The van der Waals surface area contributed by atoms with Gasteiger partial charge >= 0.3 is 5.97 Å². The molecular weight excluding hydrogens is 240 g/mol. The van der Waals surface area contributed by atoms with E-state index in [9.17, 15) is 4.79 Å². The lowest BCUT2D eigenvalue weighted by Gasteiger charge is -2.15. The summed E-state index contributed by atoms with van der Waals surface area (Å²) in [6, 6.07) is 9.35. The lowest BCUT2D eigenvalue weighted by molar-refractivity contribution is 0.0699. The Labute approximate surface area is 111 Å². The van der Waals surface area contributed by atoms with Crippen LogP contribution >= 0.6 is 0 Å². The van der Waals surface area contributed by atoms with Crippen molar-refractivity contribution in [3.05, 3.63) is 36.0 Å². The van der Waals surface area contributed by atoms with Crippen LogP contribution in [0.1, 0.15) is 30.6 Å². The van der Waals surface area contributed by atoms with Crippen LogP contribution in [0.4, 0.5) is 0 Å². The topological polar surface area (TPSA) is 66.0 Å². The standard InChI is InChI=1S/C15H16N2O2/c1-15(2,10-16)7-9-17-8-6-11-12(14(18)19)4-3-5-13(11)17/h3-6,8H,7,9H2,1-2H3,(H,18,19). The average Bonchev–Trinajstić information content (AvgIpc) is 2.79. The Morgan fingerprint density at radius 1 is 1.42 bits per heavy atom. The second-order valence-electron chi connectivity index (χ2n) is 5.30. The minimum atomic E-state index is -0.916. The number of aryl methyl sites for hydroxylation is 1. The number of nitrogens with zero attached hydrogens (tertiary/aromatic N) is 2. The first-order valence-electron chi connectivity index (χ1n) is 6.17. The van der Waals surface area contributed by atoms with Gasteiger partial charge in [-0.1, -0.05) is 6.07 Å². The molecule has 4 nitrogen and oxygen atoms in total. The second kappa shape index (κ2) is 4.77. The predicted molar refractivity (Wildman–Crippen MR) is 72.9 cm³/mol. The number of aromatic carboxylic acids is 1. The number of fused-ring (bicyclic) bond motifs is 1. The van der Waals surface area contributed by atoms with Crippen molar-refractivity contribution in [1.82, 2.24) is 4.57 Å². The van der Waals surface area contributed by atoms with Gasteiger partial charge in [-0.25, -0.2) is 4.79 Å². The minimum absolute atomic E-state index is 0.316. The Kier molecular flexibility index (Phi) is 3.30. The largest absolute Gasteiger partial charge is 0.478 e. The summed E-state index contributed by atoms with van der Waals surface area (Å²) in [7, 11) is 0. The molecule has 0 aliphatic rings. The van der Waals surface area contributed by atoms with Crippen molar-refractivity contribution in [2.75, 3.05) is 0 Å². The van der Waals surface area contributed by atoms with E-state index in [1.165, 1.54) is 0 Å². The number of carbonyl (C=O) groups is 1. The van der Waals surface area contributed by atoms with E-state index in [4.69, 9.17) is 10.4 Å². The zero-order chi connectivity index (χ0) is 14.0. The fourth-order valence-electron chi connectivity index (χ4n) is 2.06. The van der Waals surface area contributed by atoms with Gasteiger partial charge in [0.15, 0.2) is 0 Å². The summed E-state index contributed by atoms with van der Waals surface area (Å²) in [5.74, 6) is -0.916. The van der Waals surface area contributed by atoms with Gasteiger partial charge in [0.2, 0.25) is 0 Å². The van der Waals surface area contributed by atoms with Crippen LogP contribution in [-0.4, -0.2) is 15.6 Å². The van der Waals surface area contributed by atoms with Gasteiger partial charge in [-0.3, -0.25) is 0 Å². The molecule has 0 saturated carbocycles. The predicted octanol–water partition coefficient (Wildman–Crippen LogP) is 3.28. The van der Waals surface area contributed by atoms with E-state index >= 15 is 0 Å². The maximum atomic E-state index is 11.1. The quantitative estimate of drug-likeness (QED) is 0.912. The number of aromatic nitrogens is 1. The Balaban J connectivity index is 2.34. The molecule has 0 aliphatic heterocycles. The highest BCUT2D eigenvalue weighted by Gasteiger charge is 2.17. The van der Waals surface area contributed by atoms with Crippen molar-refractivity contribution in [2.24, 2.45) is 5.41 Å². The Morgan fingerprint density at radius 2 is 2.16 bits per heavy atom. The van der Waals surface area contributed by atoms with Crippen LogP contribution in [0.25, 0.3) is 10.9 Å². The first-order valence-corrected chi connectivity index (χ1v) is 6.17. The third kappa shape index (κ3) is 2.60. The summed E-state index contributed by atoms with van der Waals surface area (Å²) in [6.07, 6.45) is 2.61. The van der Waals surface area contributed by atoms with Gasteiger partial charge in [-0.15, -0.1) is 0 Å². The van der Waals surface area contributed by atoms with Crippen LogP contribution in [0.3, 0.4) is 0 Å². The lowest BCUT2D eigenvalue weighted by Crippen LogP contribution is -2.11. The maximum Gasteiger partial charge on any atom is 0.336 e. The molecule has 4 heteroatoms. The minimum Gasteiger partial charge on any atom is -0.478 e. The molecule has 0 atom stereocenters. The third-order valence-corrected chi connectivity index (χ3v) is 3.32. The normalized spacial score (nSPS) is 11.4. The summed E-state index contributed by atoms with van der Waals surface area (Å²) < 4.78 is 2.00. The first kappa shape index (κ1) is 13.2. The molecule has 1 aromatic heterocycles. The Bertz CT molecular complexity index is 662. The van der Waals surface area contributed by atoms with Crippen LogP contribution in [0.15, 0.2) is 30.5 Å². The SMILES string of the molecule is CC(C)(C#N)CCn1ccc2c(C(=O)O)cccc21. The molecule has 0 bridgehead atoms. The Hall–Kier alpha value is -2.28. The molecular formula is C15H16N2O2. The fraction of sp³-hybridized carbons (Fsp3) is 0.333. The summed E-state index contributed by atoms with van der Waals surface area (Å²) in [5.41, 5.74) is 0.838. The van der Waals surface area contributed by atoms with Gasteiger partial charge in [0, 0.05) is 23.6 Å². The molecule has 2 aromatic rings. The molecule has 0 radical (unpaired) electrons. The molecule has 2 rings (SSSR count). The van der Waals surface area contributed by atoms with E-state index in [1.54, 1.807) is 12.1 Å². The van der Waals surface area contributed by atoms with E-state index in [-0.39, 0.29) is 5.41 Å². The first-order chi connectivity index (χ1) is 8.94. The van der Waals surface area contributed by atoms with Gasteiger partial charge in [0.05, 0.1) is 17.0 Å². The molecule has 1 heterocycles. The van der Waals surface area contributed by atoms with Crippen LogP contribution in [-0.2, 0) is 6.54 Å². The number of carboxylic acid groups (broad SMARTS) is 1. The highest BCUT2D eigenvalue weighted by molar-refractivity contribution is 6.02. The number of hydrogen-bond donors (Lipinski definition) is 1. The van der Waals surface area contributed by atoms with Crippen molar-refractivity contribution >= 4 is 16.9 Å². The maximum absolute atomic E-state index is 11.1. The molecule has 98 valence electrons.